The fourth-order valence-corrected chi connectivity index (χ4v) is 4.27. The van der Waals surface area contributed by atoms with E-state index in [2.05, 4.69) is 8.92 Å². The molecule has 0 aromatic rings. The van der Waals surface area contributed by atoms with Crippen LogP contribution in [0.4, 0.5) is 26.3 Å². The van der Waals surface area contributed by atoms with Gasteiger partial charge >= 0.3 is 21.6 Å². The molecule has 1 aliphatic rings. The fraction of sp³-hybridized carbons (Fsp3) is 0.542. The maximum atomic E-state index is 15.1. The van der Waals surface area contributed by atoms with Gasteiger partial charge in [-0.2, -0.15) is 21.6 Å². The molecular formula is C24H32F6N2O5S. The summed E-state index contributed by atoms with van der Waals surface area (Å²) in [4.78, 5) is 13.0. The minimum Gasteiger partial charge on any atom is -0.466 e. The molecule has 1 saturated heterocycles. The number of esters is 1. The molecule has 38 heavy (non-hydrogen) atoms. The highest BCUT2D eigenvalue weighted by atomic mass is 32.2. The number of hydrogen-bond donors (Lipinski definition) is 1. The van der Waals surface area contributed by atoms with Gasteiger partial charge in [-0.3, -0.25) is 4.90 Å². The highest BCUT2D eigenvalue weighted by Crippen LogP contribution is 2.34. The van der Waals surface area contributed by atoms with Crippen LogP contribution in [0.3, 0.4) is 0 Å². The topological polar surface area (TPSA) is 98.9 Å². The first-order chi connectivity index (χ1) is 17.4. The quantitative estimate of drug-likeness (QED) is 0.0702. The second-order valence-electron chi connectivity index (χ2n) is 9.17. The zero-order valence-electron chi connectivity index (χ0n) is 21.4. The Labute approximate surface area is 218 Å². The smallest absolute Gasteiger partial charge is 0.466 e. The van der Waals surface area contributed by atoms with Crippen molar-refractivity contribution >= 4 is 16.1 Å². The Kier molecular flexibility index (Phi) is 12.2. The number of ether oxygens (including phenoxy) is 1. The van der Waals surface area contributed by atoms with Gasteiger partial charge in [-0.1, -0.05) is 5.57 Å². The fourth-order valence-electron chi connectivity index (χ4n) is 3.82. The molecule has 7 nitrogen and oxygen atoms in total. The molecule has 14 heteroatoms. The summed E-state index contributed by atoms with van der Waals surface area (Å²) >= 11 is 0. The molecule has 2 atom stereocenters. The van der Waals surface area contributed by atoms with Gasteiger partial charge in [0.15, 0.2) is 5.76 Å². The summed E-state index contributed by atoms with van der Waals surface area (Å²) in [5, 5.41) is 0. The number of likely N-dealkylation sites (tertiary alicyclic amines) is 1. The maximum absolute atomic E-state index is 15.1. The van der Waals surface area contributed by atoms with E-state index in [9.17, 15) is 35.2 Å². The summed E-state index contributed by atoms with van der Waals surface area (Å²) in [6, 6.07) is -1.15. The zero-order valence-corrected chi connectivity index (χ0v) is 22.2. The molecule has 0 aliphatic carbocycles. The van der Waals surface area contributed by atoms with E-state index in [4.69, 9.17) is 5.73 Å². The predicted molar refractivity (Wildman–Crippen MR) is 130 cm³/mol. The summed E-state index contributed by atoms with van der Waals surface area (Å²) < 4.78 is 112. The maximum Gasteiger partial charge on any atom is 0.534 e. The van der Waals surface area contributed by atoms with Crippen molar-refractivity contribution in [2.24, 2.45) is 5.73 Å². The van der Waals surface area contributed by atoms with Crippen LogP contribution in [0.1, 0.15) is 40.0 Å². The van der Waals surface area contributed by atoms with Crippen molar-refractivity contribution in [2.75, 3.05) is 20.3 Å². The molecule has 1 aliphatic heterocycles. The highest BCUT2D eigenvalue weighted by Gasteiger charge is 2.48. The van der Waals surface area contributed by atoms with Gasteiger partial charge in [0.25, 0.3) is 0 Å². The van der Waals surface area contributed by atoms with Crippen molar-refractivity contribution < 1.29 is 48.5 Å². The average molecular weight is 575 g/mol. The number of carbonyl (C=O) groups is 1. The van der Waals surface area contributed by atoms with Crippen molar-refractivity contribution in [2.45, 2.75) is 63.3 Å². The van der Waals surface area contributed by atoms with Gasteiger partial charge in [0.2, 0.25) is 0 Å². The van der Waals surface area contributed by atoms with E-state index >= 15 is 4.39 Å². The van der Waals surface area contributed by atoms with Crippen molar-refractivity contribution in [1.29, 1.82) is 0 Å². The van der Waals surface area contributed by atoms with Crippen LogP contribution in [0.25, 0.3) is 0 Å². The molecule has 2 unspecified atom stereocenters. The molecule has 2 N–H and O–H groups in total. The second kappa shape index (κ2) is 13.9. The molecule has 0 aromatic carbocycles. The first-order valence-electron chi connectivity index (χ1n) is 11.4. The van der Waals surface area contributed by atoms with E-state index in [1.165, 1.54) is 13.8 Å². The summed E-state index contributed by atoms with van der Waals surface area (Å²) in [6.45, 7) is 3.31. The lowest BCUT2D eigenvalue weighted by Crippen LogP contribution is -2.50. The minimum absolute atomic E-state index is 0.00854. The Hall–Kier alpha value is -2.74. The second-order valence-corrected chi connectivity index (χ2v) is 10.7. The van der Waals surface area contributed by atoms with Gasteiger partial charge in [-0.05, 0) is 63.5 Å². The summed E-state index contributed by atoms with van der Waals surface area (Å²) in [5.41, 5.74) is -1.65. The summed E-state index contributed by atoms with van der Waals surface area (Å²) in [5.74, 6) is -2.26. The van der Waals surface area contributed by atoms with Crippen LogP contribution in [0.5, 0.6) is 0 Å². The van der Waals surface area contributed by atoms with E-state index in [1.54, 1.807) is 11.8 Å². The lowest BCUT2D eigenvalue weighted by molar-refractivity contribution is -0.134. The number of hydrogen-bond acceptors (Lipinski definition) is 7. The molecule has 1 fully saturated rings. The standard InChI is InChI=1S/C24H32F6N2O5S/c1-16-9-18(12-21(14-31)37-38(34,35)24(28,29)30)11-20(32(16)15-23(2,3)27)13-19(26)10-17(7-8-25)5-6-22(33)36-4/h5-7,10,12,14,16,20H,8-9,11,13,15,31H2,1-4H3/b6-5+,17-7-,18-12-,19-10+,21-14+. The Morgan fingerprint density at radius 3 is 2.32 bits per heavy atom. The van der Waals surface area contributed by atoms with E-state index in [1.807, 2.05) is 0 Å². The van der Waals surface area contributed by atoms with Crippen LogP contribution in [-0.2, 0) is 23.8 Å². The number of halogens is 6. The van der Waals surface area contributed by atoms with E-state index in [0.29, 0.717) is 11.8 Å². The first-order valence-corrected chi connectivity index (χ1v) is 12.8. The molecule has 1 heterocycles. The number of allylic oxidation sites excluding steroid dienone is 5. The number of methoxy groups -OCH3 is 1. The molecule has 0 bridgehead atoms. The number of piperidine rings is 1. The van der Waals surface area contributed by atoms with Gasteiger partial charge in [-0.25, -0.2) is 18.0 Å². The molecular weight excluding hydrogens is 542 g/mol. The number of alkyl halides is 5. The SMILES string of the molecule is COC(=O)/C=C/C(=C/CF)/C=C(/F)CC1C/C(=C\C(=C/N)OS(=O)(=O)C(F)(F)F)CC(C)N1CC(C)(C)F. The minimum atomic E-state index is -5.97. The van der Waals surface area contributed by atoms with Crippen molar-refractivity contribution in [3.8, 4) is 0 Å². The summed E-state index contributed by atoms with van der Waals surface area (Å²) in [7, 11) is -4.84. The Balaban J connectivity index is 3.32. The zero-order chi connectivity index (χ0) is 29.3. The van der Waals surface area contributed by atoms with E-state index in [0.717, 1.165) is 37.5 Å². The average Bonchev–Trinajstić information content (AvgIpc) is 2.77. The molecule has 0 spiro atoms. The van der Waals surface area contributed by atoms with Crippen LogP contribution in [0.15, 0.2) is 59.3 Å². The van der Waals surface area contributed by atoms with Gasteiger partial charge in [0, 0.05) is 37.3 Å². The molecule has 216 valence electrons. The Morgan fingerprint density at radius 2 is 1.82 bits per heavy atom. The van der Waals surface area contributed by atoms with Crippen LogP contribution in [0.2, 0.25) is 0 Å². The molecule has 1 rings (SSSR count). The molecule has 0 saturated carbocycles. The lowest BCUT2D eigenvalue weighted by Gasteiger charge is -2.43. The van der Waals surface area contributed by atoms with Crippen molar-refractivity contribution in [1.82, 2.24) is 4.90 Å². The largest absolute Gasteiger partial charge is 0.534 e. The number of carbonyl (C=O) groups excluding carboxylic acids is 1. The van der Waals surface area contributed by atoms with Crippen LogP contribution in [0, 0.1) is 0 Å². The Bertz CT molecular complexity index is 1090. The van der Waals surface area contributed by atoms with Gasteiger partial charge in [-0.15, -0.1) is 0 Å². The van der Waals surface area contributed by atoms with Crippen LogP contribution < -0.4 is 5.73 Å². The van der Waals surface area contributed by atoms with Crippen molar-refractivity contribution in [3.05, 3.63) is 59.3 Å². The van der Waals surface area contributed by atoms with Gasteiger partial charge in [0.1, 0.15) is 18.2 Å². The predicted octanol–water partition coefficient (Wildman–Crippen LogP) is 5.05. The lowest BCUT2D eigenvalue weighted by atomic mass is 9.88. The van der Waals surface area contributed by atoms with E-state index in [-0.39, 0.29) is 31.4 Å². The third-order valence-electron chi connectivity index (χ3n) is 5.33. The monoisotopic (exact) mass is 574 g/mol. The summed E-state index contributed by atoms with van der Waals surface area (Å²) in [6.07, 6.45) is 5.60. The van der Waals surface area contributed by atoms with Crippen molar-refractivity contribution in [3.63, 3.8) is 0 Å². The van der Waals surface area contributed by atoms with Gasteiger partial charge in [0.05, 0.1) is 7.11 Å². The third kappa shape index (κ3) is 10.9. The highest BCUT2D eigenvalue weighted by molar-refractivity contribution is 7.87. The number of nitrogens with zero attached hydrogens (tertiary/aromatic N) is 1. The molecule has 0 aromatic heterocycles. The number of nitrogens with two attached hydrogens (primary N) is 1. The molecule has 0 radical (unpaired) electrons. The molecule has 0 amide bonds. The normalized spacial score (nSPS) is 22.3. The van der Waals surface area contributed by atoms with Crippen LogP contribution >= 0.6 is 0 Å². The first kappa shape index (κ1) is 33.3. The van der Waals surface area contributed by atoms with Gasteiger partial charge < -0.3 is 14.7 Å². The third-order valence-corrected chi connectivity index (χ3v) is 6.31. The van der Waals surface area contributed by atoms with E-state index < -0.39 is 57.6 Å². The number of rotatable bonds is 11. The Morgan fingerprint density at radius 1 is 1.18 bits per heavy atom. The van der Waals surface area contributed by atoms with Crippen LogP contribution in [-0.4, -0.2) is 62.9 Å².